The average Bonchev–Trinajstić information content (AvgIpc) is 3.28. The molecule has 11 heteroatoms. The van der Waals surface area contributed by atoms with Crippen molar-refractivity contribution in [2.75, 3.05) is 19.6 Å². The number of aryl methyl sites for hydroxylation is 1. The second kappa shape index (κ2) is 13.8. The summed E-state index contributed by atoms with van der Waals surface area (Å²) < 4.78 is 41.1. The van der Waals surface area contributed by atoms with E-state index in [-0.39, 0.29) is 24.0 Å². The summed E-state index contributed by atoms with van der Waals surface area (Å²) in [5.74, 6) is -1.62. The number of halogens is 3. The quantitative estimate of drug-likeness (QED) is 0.260. The number of nitriles is 1. The summed E-state index contributed by atoms with van der Waals surface area (Å²) in [5, 5.41) is 12.0. The van der Waals surface area contributed by atoms with Crippen LogP contribution in [0.5, 0.6) is 5.75 Å². The fourth-order valence-corrected chi connectivity index (χ4v) is 5.66. The molecule has 4 rings (SSSR count). The van der Waals surface area contributed by atoms with Gasteiger partial charge in [-0.25, -0.2) is 0 Å². The van der Waals surface area contributed by atoms with Gasteiger partial charge in [0.15, 0.2) is 0 Å². The number of nitrogens with one attached hydrogen (secondary N) is 1. The minimum atomic E-state index is -4.75. The molecule has 2 aliphatic heterocycles. The van der Waals surface area contributed by atoms with Gasteiger partial charge in [0, 0.05) is 18.5 Å². The predicted octanol–water partition coefficient (Wildman–Crippen LogP) is 5.08. The second-order valence-corrected chi connectivity index (χ2v) is 10.7. The van der Waals surface area contributed by atoms with Crippen molar-refractivity contribution < 1.29 is 32.3 Å². The second-order valence-electron chi connectivity index (χ2n) is 10.7. The number of hydrogen-bond acceptors (Lipinski definition) is 6. The highest BCUT2D eigenvalue weighted by Gasteiger charge is 2.39. The van der Waals surface area contributed by atoms with E-state index in [1.54, 1.807) is 11.0 Å². The first-order chi connectivity index (χ1) is 20.1. The molecule has 0 radical (unpaired) electrons. The summed E-state index contributed by atoms with van der Waals surface area (Å²) in [6.07, 6.45) is 0.0754. The zero-order chi connectivity index (χ0) is 30.3. The predicted molar refractivity (Wildman–Crippen MR) is 148 cm³/mol. The van der Waals surface area contributed by atoms with Crippen LogP contribution in [0.3, 0.4) is 0 Å². The molecule has 2 atom stereocenters. The molecule has 1 saturated heterocycles. The van der Waals surface area contributed by atoms with Gasteiger partial charge in [0.25, 0.3) is 5.91 Å². The van der Waals surface area contributed by atoms with E-state index in [2.05, 4.69) is 27.9 Å². The van der Waals surface area contributed by atoms with Crippen molar-refractivity contribution >= 4 is 17.7 Å². The normalized spacial score (nSPS) is 17.7. The highest BCUT2D eigenvalue weighted by atomic mass is 19.4. The van der Waals surface area contributed by atoms with E-state index in [1.165, 1.54) is 24.3 Å². The van der Waals surface area contributed by atoms with Crippen LogP contribution in [0.25, 0.3) is 0 Å². The molecule has 42 heavy (non-hydrogen) atoms. The topological polar surface area (TPSA) is 103 Å². The standard InChI is InChI=1S/C31H35F3N4O4/c1-2-37(18-16-23(19-35)21-10-12-24(13-11-21)42-31(32,33)34)17-5-3-4-7-22-8-6-9-25-26(22)20-38(30(25)41)27-14-15-28(39)36-29(27)40/h6,8-13,23,27H,2-5,7,14-18,20H2,1H3,(H,36,39,40)/t23-,27?/m0/s1. The summed E-state index contributed by atoms with van der Waals surface area (Å²) in [6.45, 7) is 4.81. The lowest BCUT2D eigenvalue weighted by atomic mass is 9.96. The zero-order valence-corrected chi connectivity index (χ0v) is 23.6. The number of rotatable bonds is 13. The van der Waals surface area contributed by atoms with Crippen LogP contribution in [0.1, 0.15) is 78.4 Å². The number of benzene rings is 2. The Morgan fingerprint density at radius 1 is 1.10 bits per heavy atom. The van der Waals surface area contributed by atoms with Crippen molar-refractivity contribution in [3.63, 3.8) is 0 Å². The van der Waals surface area contributed by atoms with Crippen LogP contribution in [0, 0.1) is 11.3 Å². The van der Waals surface area contributed by atoms with Crippen molar-refractivity contribution in [1.82, 2.24) is 15.1 Å². The van der Waals surface area contributed by atoms with E-state index in [0.717, 1.165) is 49.9 Å². The number of unbranched alkanes of at least 4 members (excludes halogenated alkanes) is 2. The Bertz CT molecular complexity index is 1320. The molecule has 0 saturated carbocycles. The van der Waals surface area contributed by atoms with Gasteiger partial charge in [-0.3, -0.25) is 19.7 Å². The van der Waals surface area contributed by atoms with Crippen molar-refractivity contribution in [3.8, 4) is 11.8 Å². The molecule has 2 aromatic rings. The molecule has 1 unspecified atom stereocenters. The monoisotopic (exact) mass is 584 g/mol. The fourth-order valence-electron chi connectivity index (χ4n) is 5.66. The van der Waals surface area contributed by atoms with E-state index in [0.29, 0.717) is 37.1 Å². The van der Waals surface area contributed by atoms with Crippen molar-refractivity contribution in [3.05, 3.63) is 64.7 Å². The van der Waals surface area contributed by atoms with Gasteiger partial charge >= 0.3 is 6.36 Å². The lowest BCUT2D eigenvalue weighted by molar-refractivity contribution is -0.274. The molecule has 1 N–H and O–H groups in total. The van der Waals surface area contributed by atoms with Crippen molar-refractivity contribution in [2.45, 2.75) is 76.7 Å². The van der Waals surface area contributed by atoms with Crippen molar-refractivity contribution in [1.29, 1.82) is 5.26 Å². The highest BCUT2D eigenvalue weighted by Crippen LogP contribution is 2.31. The Hall–Kier alpha value is -3.91. The number of nitrogens with zero attached hydrogens (tertiary/aromatic N) is 3. The maximum atomic E-state index is 13.0. The Kier molecular flexibility index (Phi) is 10.2. The number of piperidine rings is 1. The molecule has 0 aliphatic carbocycles. The summed E-state index contributed by atoms with van der Waals surface area (Å²) in [4.78, 5) is 40.7. The average molecular weight is 585 g/mol. The number of hydrogen-bond donors (Lipinski definition) is 1. The minimum Gasteiger partial charge on any atom is -0.406 e. The smallest absolute Gasteiger partial charge is 0.406 e. The molecule has 3 amide bonds. The van der Waals surface area contributed by atoms with Crippen LogP contribution >= 0.6 is 0 Å². The molecule has 8 nitrogen and oxygen atoms in total. The first-order valence-electron chi connectivity index (χ1n) is 14.3. The molecule has 1 fully saturated rings. The number of imide groups is 1. The Morgan fingerprint density at radius 2 is 1.86 bits per heavy atom. The van der Waals surface area contributed by atoms with E-state index in [1.807, 2.05) is 12.1 Å². The molecule has 2 heterocycles. The number of carbonyl (C=O) groups is 3. The van der Waals surface area contributed by atoms with Gasteiger partial charge < -0.3 is 14.5 Å². The lowest BCUT2D eigenvalue weighted by Crippen LogP contribution is -2.52. The number of fused-ring (bicyclic) bond motifs is 1. The van der Waals surface area contributed by atoms with Gasteiger partial charge in [0.2, 0.25) is 11.8 Å². The van der Waals surface area contributed by atoms with Crippen LogP contribution in [0.15, 0.2) is 42.5 Å². The summed E-state index contributed by atoms with van der Waals surface area (Å²) in [6, 6.07) is 12.8. The molecular weight excluding hydrogens is 549 g/mol. The first-order valence-corrected chi connectivity index (χ1v) is 14.3. The molecule has 0 aromatic heterocycles. The van der Waals surface area contributed by atoms with Gasteiger partial charge in [0.1, 0.15) is 11.8 Å². The maximum Gasteiger partial charge on any atom is 0.573 e. The molecule has 0 bridgehead atoms. The van der Waals surface area contributed by atoms with Gasteiger partial charge in [0.05, 0.1) is 12.0 Å². The van der Waals surface area contributed by atoms with Gasteiger partial charge in [-0.1, -0.05) is 37.6 Å². The third kappa shape index (κ3) is 7.88. The van der Waals surface area contributed by atoms with E-state index in [4.69, 9.17) is 0 Å². The summed E-state index contributed by atoms with van der Waals surface area (Å²) >= 11 is 0. The first kappa shape index (κ1) is 31.0. The number of carbonyl (C=O) groups excluding carboxylic acids is 3. The number of ether oxygens (including phenoxy) is 1. The molecule has 224 valence electrons. The number of amides is 3. The molecular formula is C31H35F3N4O4. The van der Waals surface area contributed by atoms with Crippen LogP contribution in [0.2, 0.25) is 0 Å². The third-order valence-corrected chi connectivity index (χ3v) is 7.95. The zero-order valence-electron chi connectivity index (χ0n) is 23.6. The molecule has 2 aromatic carbocycles. The fraction of sp³-hybridized carbons (Fsp3) is 0.484. The van der Waals surface area contributed by atoms with Crippen LogP contribution in [0.4, 0.5) is 13.2 Å². The SMILES string of the molecule is CCN(CCCCCc1cccc2c1CN(C1CCC(=O)NC1=O)C2=O)CC[C@@H](C#N)c1ccc(OC(F)(F)F)cc1. The Labute approximate surface area is 243 Å². The maximum absolute atomic E-state index is 13.0. The minimum absolute atomic E-state index is 0.166. The van der Waals surface area contributed by atoms with Crippen molar-refractivity contribution in [2.24, 2.45) is 0 Å². The lowest BCUT2D eigenvalue weighted by Gasteiger charge is -2.29. The van der Waals surface area contributed by atoms with Gasteiger partial charge in [-0.15, -0.1) is 13.2 Å². The van der Waals surface area contributed by atoms with Gasteiger partial charge in [-0.05, 0) is 86.6 Å². The molecule has 2 aliphatic rings. The van der Waals surface area contributed by atoms with E-state index < -0.39 is 24.2 Å². The molecule has 0 spiro atoms. The summed E-state index contributed by atoms with van der Waals surface area (Å²) in [7, 11) is 0. The van der Waals surface area contributed by atoms with E-state index >= 15 is 0 Å². The third-order valence-electron chi connectivity index (χ3n) is 7.95. The van der Waals surface area contributed by atoms with Crippen LogP contribution in [-0.4, -0.2) is 59.6 Å². The van der Waals surface area contributed by atoms with E-state index in [9.17, 15) is 32.8 Å². The highest BCUT2D eigenvalue weighted by molar-refractivity contribution is 6.05. The number of alkyl halides is 3. The van der Waals surface area contributed by atoms with Crippen LogP contribution in [-0.2, 0) is 22.6 Å². The summed E-state index contributed by atoms with van der Waals surface area (Å²) in [5.41, 5.74) is 3.35. The van der Waals surface area contributed by atoms with Crippen LogP contribution < -0.4 is 10.1 Å². The van der Waals surface area contributed by atoms with Gasteiger partial charge in [-0.2, -0.15) is 5.26 Å². The Morgan fingerprint density at radius 3 is 2.52 bits per heavy atom. The Balaban J connectivity index is 1.22. The largest absolute Gasteiger partial charge is 0.573 e.